The zero-order valence-electron chi connectivity index (χ0n) is 8.90. The van der Waals surface area contributed by atoms with E-state index in [-0.39, 0.29) is 5.97 Å². The van der Waals surface area contributed by atoms with E-state index in [2.05, 4.69) is 0 Å². The van der Waals surface area contributed by atoms with Gasteiger partial charge in [-0.05, 0) is 19.4 Å². The fraction of sp³-hybridized carbons (Fsp3) is 0.417. The van der Waals surface area contributed by atoms with Crippen molar-refractivity contribution in [3.05, 3.63) is 36.5 Å². The summed E-state index contributed by atoms with van der Waals surface area (Å²) in [5.74, 6) is -0.181. The van der Waals surface area contributed by atoms with Crippen molar-refractivity contribution < 1.29 is 9.53 Å². The molecule has 0 aliphatic heterocycles. The van der Waals surface area contributed by atoms with E-state index < -0.39 is 0 Å². The van der Waals surface area contributed by atoms with Crippen LogP contribution in [0.1, 0.15) is 26.7 Å². The highest BCUT2D eigenvalue weighted by molar-refractivity contribution is 5.71. The van der Waals surface area contributed by atoms with Crippen LogP contribution < -0.4 is 0 Å². The molecule has 0 spiro atoms. The van der Waals surface area contributed by atoms with Gasteiger partial charge in [0.15, 0.2) is 0 Å². The molecule has 14 heavy (non-hydrogen) atoms. The van der Waals surface area contributed by atoms with E-state index in [1.54, 1.807) is 6.08 Å². The van der Waals surface area contributed by atoms with Crippen molar-refractivity contribution in [1.29, 1.82) is 0 Å². The third kappa shape index (κ3) is 8.78. The minimum Gasteiger partial charge on any atom is -0.461 e. The number of carbonyl (C=O) groups is 1. The van der Waals surface area contributed by atoms with Crippen LogP contribution in [0.4, 0.5) is 0 Å². The Morgan fingerprint density at radius 3 is 2.64 bits per heavy atom. The highest BCUT2D eigenvalue weighted by Crippen LogP contribution is 1.91. The Morgan fingerprint density at radius 2 is 2.00 bits per heavy atom. The van der Waals surface area contributed by atoms with Crippen molar-refractivity contribution in [2.75, 3.05) is 6.61 Å². The van der Waals surface area contributed by atoms with Gasteiger partial charge in [-0.25, -0.2) is 0 Å². The van der Waals surface area contributed by atoms with E-state index >= 15 is 0 Å². The Bertz CT molecular complexity index is 224. The molecule has 0 aromatic rings. The van der Waals surface area contributed by atoms with E-state index in [1.165, 1.54) is 0 Å². The Morgan fingerprint density at radius 1 is 1.21 bits per heavy atom. The molecule has 0 saturated heterocycles. The normalized spacial score (nSPS) is 11.9. The van der Waals surface area contributed by atoms with Crippen LogP contribution in [0.15, 0.2) is 36.5 Å². The Balaban J connectivity index is 3.49. The second-order valence-electron chi connectivity index (χ2n) is 2.72. The average molecular weight is 194 g/mol. The van der Waals surface area contributed by atoms with Crippen molar-refractivity contribution in [2.24, 2.45) is 0 Å². The summed E-state index contributed by atoms with van der Waals surface area (Å²) < 4.78 is 4.92. The third-order valence-corrected chi connectivity index (χ3v) is 1.47. The lowest BCUT2D eigenvalue weighted by atomic mass is 10.3. The first kappa shape index (κ1) is 12.7. The molecule has 0 rings (SSSR count). The number of allylic oxidation sites excluding steroid dienone is 4. The fourth-order valence-electron chi connectivity index (χ4n) is 0.791. The predicted molar refractivity (Wildman–Crippen MR) is 59.0 cm³/mol. The number of rotatable bonds is 6. The summed E-state index contributed by atoms with van der Waals surface area (Å²) in [6.45, 7) is 4.32. The van der Waals surface area contributed by atoms with Crippen LogP contribution in [0, 0.1) is 0 Å². The molecule has 0 atom stereocenters. The minimum absolute atomic E-state index is 0.181. The molecule has 0 aliphatic rings. The standard InChI is InChI=1S/C12H18O2/c1-3-5-7-9-11-14-12(13)10-8-6-4-2/h3,5-9H,4,10-11H2,1-2H3. The number of ether oxygens (including phenoxy) is 1. The molecular formula is C12H18O2. The second-order valence-corrected chi connectivity index (χ2v) is 2.72. The molecule has 0 aliphatic carbocycles. The first-order chi connectivity index (χ1) is 6.81. The van der Waals surface area contributed by atoms with Gasteiger partial charge in [0.2, 0.25) is 0 Å². The maximum absolute atomic E-state index is 11.0. The van der Waals surface area contributed by atoms with Crippen LogP contribution in [0.2, 0.25) is 0 Å². The van der Waals surface area contributed by atoms with Gasteiger partial charge in [-0.15, -0.1) is 0 Å². The molecule has 0 heterocycles. The summed E-state index contributed by atoms with van der Waals surface area (Å²) in [6, 6.07) is 0. The molecule has 0 saturated carbocycles. The molecule has 0 fully saturated rings. The molecule has 0 amide bonds. The van der Waals surface area contributed by atoms with Gasteiger partial charge >= 0.3 is 5.97 Å². The van der Waals surface area contributed by atoms with Crippen LogP contribution in [0.25, 0.3) is 0 Å². The van der Waals surface area contributed by atoms with Crippen molar-refractivity contribution in [3.63, 3.8) is 0 Å². The molecule has 2 nitrogen and oxygen atoms in total. The highest BCUT2D eigenvalue weighted by Gasteiger charge is 1.95. The molecule has 0 aromatic carbocycles. The third-order valence-electron chi connectivity index (χ3n) is 1.47. The predicted octanol–water partition coefficient (Wildman–Crippen LogP) is 3.02. The lowest BCUT2D eigenvalue weighted by Crippen LogP contribution is -2.02. The van der Waals surface area contributed by atoms with E-state index in [4.69, 9.17) is 4.74 Å². The van der Waals surface area contributed by atoms with Gasteiger partial charge in [-0.3, -0.25) is 4.79 Å². The molecule has 2 heteroatoms. The maximum Gasteiger partial charge on any atom is 0.309 e. The largest absolute Gasteiger partial charge is 0.461 e. The van der Waals surface area contributed by atoms with E-state index in [9.17, 15) is 4.79 Å². The molecule has 0 aromatic heterocycles. The fourth-order valence-corrected chi connectivity index (χ4v) is 0.791. The van der Waals surface area contributed by atoms with Crippen molar-refractivity contribution >= 4 is 5.97 Å². The lowest BCUT2D eigenvalue weighted by molar-refractivity contribution is -0.141. The Hall–Kier alpha value is -1.31. The number of carbonyl (C=O) groups excluding carboxylic acids is 1. The van der Waals surface area contributed by atoms with Crippen molar-refractivity contribution in [1.82, 2.24) is 0 Å². The summed E-state index contributed by atoms with van der Waals surface area (Å²) in [5.41, 5.74) is 0. The number of hydrogen-bond acceptors (Lipinski definition) is 2. The van der Waals surface area contributed by atoms with E-state index in [1.807, 2.05) is 44.2 Å². The molecule has 0 radical (unpaired) electrons. The van der Waals surface area contributed by atoms with Gasteiger partial charge in [0.25, 0.3) is 0 Å². The Kier molecular flexibility index (Phi) is 8.86. The zero-order chi connectivity index (χ0) is 10.6. The van der Waals surface area contributed by atoms with Gasteiger partial charge < -0.3 is 4.74 Å². The molecule has 0 N–H and O–H groups in total. The minimum atomic E-state index is -0.181. The first-order valence-corrected chi connectivity index (χ1v) is 4.89. The molecule has 0 bridgehead atoms. The molecule has 0 unspecified atom stereocenters. The van der Waals surface area contributed by atoms with Gasteiger partial charge in [0.05, 0.1) is 6.42 Å². The first-order valence-electron chi connectivity index (χ1n) is 4.89. The quantitative estimate of drug-likeness (QED) is 0.369. The lowest BCUT2D eigenvalue weighted by Gasteiger charge is -1.97. The average Bonchev–Trinajstić information content (AvgIpc) is 2.18. The summed E-state index contributed by atoms with van der Waals surface area (Å²) >= 11 is 0. The van der Waals surface area contributed by atoms with Crippen molar-refractivity contribution in [3.8, 4) is 0 Å². The molecular weight excluding hydrogens is 176 g/mol. The SMILES string of the molecule is CC=CC=CCOC(=O)CC=CCC. The van der Waals surface area contributed by atoms with Gasteiger partial charge in [0.1, 0.15) is 6.61 Å². The maximum atomic E-state index is 11.0. The van der Waals surface area contributed by atoms with E-state index in [0.717, 1.165) is 6.42 Å². The van der Waals surface area contributed by atoms with Crippen molar-refractivity contribution in [2.45, 2.75) is 26.7 Å². The van der Waals surface area contributed by atoms with Gasteiger partial charge in [-0.1, -0.05) is 37.3 Å². The van der Waals surface area contributed by atoms with Crippen LogP contribution in [0.5, 0.6) is 0 Å². The second kappa shape index (κ2) is 9.78. The zero-order valence-corrected chi connectivity index (χ0v) is 8.90. The van der Waals surface area contributed by atoms with Gasteiger partial charge in [-0.2, -0.15) is 0 Å². The topological polar surface area (TPSA) is 26.3 Å². The summed E-state index contributed by atoms with van der Waals surface area (Å²) in [4.78, 5) is 11.0. The number of esters is 1. The summed E-state index contributed by atoms with van der Waals surface area (Å²) in [6.07, 6.45) is 12.6. The van der Waals surface area contributed by atoms with Crippen LogP contribution in [0.3, 0.4) is 0 Å². The van der Waals surface area contributed by atoms with Crippen LogP contribution in [-0.4, -0.2) is 12.6 Å². The van der Waals surface area contributed by atoms with E-state index in [0.29, 0.717) is 13.0 Å². The monoisotopic (exact) mass is 194 g/mol. The highest BCUT2D eigenvalue weighted by atomic mass is 16.5. The molecule has 78 valence electrons. The smallest absolute Gasteiger partial charge is 0.309 e. The van der Waals surface area contributed by atoms with Crippen LogP contribution >= 0.6 is 0 Å². The summed E-state index contributed by atoms with van der Waals surface area (Å²) in [5, 5.41) is 0. The number of hydrogen-bond donors (Lipinski definition) is 0. The summed E-state index contributed by atoms with van der Waals surface area (Å²) in [7, 11) is 0. The van der Waals surface area contributed by atoms with Gasteiger partial charge in [0, 0.05) is 0 Å². The van der Waals surface area contributed by atoms with Crippen LogP contribution in [-0.2, 0) is 9.53 Å². The Labute approximate surface area is 86.0 Å².